The molecule has 0 spiro atoms. The van der Waals surface area contributed by atoms with E-state index in [1.165, 1.54) is 44.7 Å². The summed E-state index contributed by atoms with van der Waals surface area (Å²) < 4.78 is 149. The molecule has 0 radical (unpaired) electrons. The summed E-state index contributed by atoms with van der Waals surface area (Å²) in [5, 5.41) is 12.7. The minimum Gasteiger partial charge on any atom is -0.747 e. The van der Waals surface area contributed by atoms with Crippen molar-refractivity contribution >= 4 is 92.2 Å². The maximum absolute atomic E-state index is 14.2. The van der Waals surface area contributed by atoms with Crippen molar-refractivity contribution in [2.45, 2.75) is 86.8 Å². The largest absolute Gasteiger partial charge is 0.747 e. The first-order valence-corrected chi connectivity index (χ1v) is 30.0. The molecule has 24 heteroatoms. The van der Waals surface area contributed by atoms with Crippen LogP contribution in [0.25, 0.3) is 0 Å². The minimum absolute atomic E-state index is 0.295. The smallest absolute Gasteiger partial charge is 0.323 e. The molecule has 0 bridgehead atoms. The number of hydrogen-bond donors (Lipinski definition) is 2. The van der Waals surface area contributed by atoms with Gasteiger partial charge >= 0.3 is 5.97 Å². The van der Waals surface area contributed by atoms with Crippen LogP contribution in [0.15, 0.2) is 149 Å². The van der Waals surface area contributed by atoms with Crippen LogP contribution in [-0.2, 0) is 71.7 Å². The van der Waals surface area contributed by atoms with Gasteiger partial charge in [0.25, 0.3) is 5.91 Å². The van der Waals surface area contributed by atoms with Crippen molar-refractivity contribution in [1.82, 2.24) is 0 Å². The van der Waals surface area contributed by atoms with Gasteiger partial charge in [-0.1, -0.05) is 70.2 Å². The molecule has 78 heavy (non-hydrogen) atoms. The maximum atomic E-state index is 14.2. The molecule has 0 atom stereocenters. The summed E-state index contributed by atoms with van der Waals surface area (Å²) in [5.41, 5.74) is 2.34. The van der Waals surface area contributed by atoms with E-state index in [1.54, 1.807) is 125 Å². The van der Waals surface area contributed by atoms with Gasteiger partial charge in [0, 0.05) is 74.7 Å². The number of amides is 1. The third-order valence-corrected chi connectivity index (χ3v) is 17.5. The van der Waals surface area contributed by atoms with Crippen molar-refractivity contribution in [2.24, 2.45) is 0 Å². The minimum atomic E-state index is -4.90. The lowest BCUT2D eigenvalue weighted by atomic mass is 9.81. The Morgan fingerprint density at radius 3 is 1.69 bits per heavy atom. The van der Waals surface area contributed by atoms with E-state index < -0.39 is 102 Å². The van der Waals surface area contributed by atoms with E-state index in [1.807, 2.05) is 19.9 Å². The van der Waals surface area contributed by atoms with Crippen LogP contribution in [0, 0.1) is 0 Å². The zero-order chi connectivity index (χ0) is 57.5. The second-order valence-electron chi connectivity index (χ2n) is 21.3. The van der Waals surface area contributed by atoms with Gasteiger partial charge in [-0.3, -0.25) is 9.59 Å². The second-order valence-corrected chi connectivity index (χ2v) is 26.8. The molecule has 4 aromatic carbocycles. The Kier molecular flexibility index (Phi) is 14.5. The molecule has 412 valence electrons. The molecular weight excluding hydrogens is 1090 g/mol. The zero-order valence-electron chi connectivity index (χ0n) is 43.5. The van der Waals surface area contributed by atoms with E-state index in [0.29, 0.717) is 67.9 Å². The summed E-state index contributed by atoms with van der Waals surface area (Å²) in [4.78, 5) is 28.2. The second kappa shape index (κ2) is 19.8. The highest BCUT2D eigenvalue weighted by molar-refractivity contribution is 7.86. The average Bonchev–Trinajstić information content (AvgIpc) is 3.98. The fraction of sp³-hybridized carbons (Fsp3) is 0.296. The van der Waals surface area contributed by atoms with Crippen molar-refractivity contribution in [3.8, 4) is 0 Å². The first-order valence-electron chi connectivity index (χ1n) is 24.1. The van der Waals surface area contributed by atoms with Crippen LogP contribution in [0.5, 0.6) is 0 Å². The number of aliphatic carboxylic acids is 1. The van der Waals surface area contributed by atoms with E-state index in [9.17, 15) is 66.6 Å². The molecule has 4 aliphatic rings. The molecule has 1 amide bonds. The summed E-state index contributed by atoms with van der Waals surface area (Å²) in [6.07, 6.45) is 13.1. The summed E-state index contributed by atoms with van der Waals surface area (Å²) in [6.45, 7) is 13.6. The first kappa shape index (κ1) is 57.3. The molecule has 0 unspecified atom stereocenters. The van der Waals surface area contributed by atoms with E-state index in [2.05, 4.69) is 5.32 Å². The van der Waals surface area contributed by atoms with E-state index in [4.69, 9.17) is 0 Å². The van der Waals surface area contributed by atoms with E-state index in [-0.39, 0.29) is 6.54 Å². The van der Waals surface area contributed by atoms with Crippen molar-refractivity contribution in [3.05, 3.63) is 161 Å². The molecule has 0 aromatic heterocycles. The predicted octanol–water partition coefficient (Wildman–Crippen LogP) is 6.01. The van der Waals surface area contributed by atoms with Gasteiger partial charge in [0.05, 0.1) is 20.6 Å². The number of para-hydroxylation sites is 1. The number of carbonyl (C=O) groups excluding carboxylic acids is 1. The Morgan fingerprint density at radius 2 is 1.08 bits per heavy atom. The quantitative estimate of drug-likeness (QED) is 0.0737. The molecule has 0 aliphatic carbocycles. The molecule has 20 nitrogen and oxygen atoms in total. The standard InChI is InChI=1S/C54H57N5O15S4/c1-51(2)37-15-12-13-16-41(37)58(32-75(63,64)65)47(51)19-14-20-48-52(3,4)38-27-34(21-24-44(38)59(48)33-76(66,67)68)55-49(60)30-56-42-25-22-35(77(69,70)71)28-39(42)53(5,6)45(56)17-10-9-11-18-46-54(7,8)40-29-36(78(72,73)74)23-26-43(40)57(46)31-50(61)62/h9-29H,30-33H2,1-8H3,(H4-2,55,60,61,62,63,64,65,66,67,68,69,70,71,72,73,74)/p-2. The number of benzene rings is 4. The Bertz CT molecular complexity index is 3960. The molecule has 4 aromatic rings. The predicted molar refractivity (Wildman–Crippen MR) is 287 cm³/mol. The number of nitrogens with zero attached hydrogens (tertiary/aromatic N) is 4. The Balaban J connectivity index is 1.11. The van der Waals surface area contributed by atoms with Gasteiger partial charge in [0.2, 0.25) is 23.8 Å². The lowest BCUT2D eigenvalue weighted by molar-refractivity contribution is -0.424. The molecular formula is C54H55N5O15S4-2. The Hall–Kier alpha value is -6.90. The monoisotopic (exact) mass is 1140 g/mol. The number of anilines is 3. The summed E-state index contributed by atoms with van der Waals surface area (Å²) >= 11 is 0. The van der Waals surface area contributed by atoms with Crippen LogP contribution >= 0.6 is 0 Å². The third kappa shape index (κ3) is 10.9. The van der Waals surface area contributed by atoms with Crippen LogP contribution in [0.3, 0.4) is 0 Å². The van der Waals surface area contributed by atoms with Crippen LogP contribution in [0.2, 0.25) is 0 Å². The summed E-state index contributed by atoms with van der Waals surface area (Å²) in [7, 11) is -19.3. The molecule has 0 saturated carbocycles. The van der Waals surface area contributed by atoms with Crippen LogP contribution in [-0.4, -0.2) is 114 Å². The van der Waals surface area contributed by atoms with E-state index in [0.717, 1.165) is 17.7 Å². The molecule has 0 fully saturated rings. The molecule has 4 aliphatic heterocycles. The lowest BCUT2D eigenvalue weighted by Gasteiger charge is -2.27. The highest BCUT2D eigenvalue weighted by Gasteiger charge is 2.48. The maximum Gasteiger partial charge on any atom is 0.323 e. The third-order valence-electron chi connectivity index (χ3n) is 14.7. The van der Waals surface area contributed by atoms with Crippen LogP contribution < -0.4 is 15.1 Å². The first-order chi connectivity index (χ1) is 35.9. The zero-order valence-corrected chi connectivity index (χ0v) is 46.8. The highest BCUT2D eigenvalue weighted by Crippen LogP contribution is 2.50. The van der Waals surface area contributed by atoms with Crippen molar-refractivity contribution in [3.63, 3.8) is 0 Å². The number of allylic oxidation sites excluding steroid dienone is 10. The van der Waals surface area contributed by atoms with Gasteiger partial charge in [-0.25, -0.2) is 33.7 Å². The Labute approximate surface area is 453 Å². The van der Waals surface area contributed by atoms with Gasteiger partial charge in [0.15, 0.2) is 21.5 Å². The van der Waals surface area contributed by atoms with E-state index >= 15 is 0 Å². The average molecular weight is 1140 g/mol. The number of hydrogen-bond acceptors (Lipinski definition) is 16. The van der Waals surface area contributed by atoms with Gasteiger partial charge < -0.3 is 38.4 Å². The number of carboxylic acid groups (broad SMARTS) is 1. The topological polar surface area (TPSA) is 308 Å². The van der Waals surface area contributed by atoms with Crippen molar-refractivity contribution in [1.29, 1.82) is 0 Å². The number of rotatable bonds is 16. The van der Waals surface area contributed by atoms with Gasteiger partial charge in [-0.05, 0) is 99.5 Å². The SMILES string of the molecule is CC1(C)C(/C=C/C=C/C=C2/N(CC(=O)O)c3ccc(S(=O)(=O)[O-])cc3C2(C)C)=[N+](CC(=O)Nc2ccc3c(c2)C(C)(C)/C(=C\C=C\C2=[N+](CS(=O)(=O)[O-])c4ccccc4C2(C)C)N3CS(=O)(=O)[O-])c2ccc(S(=O)(=O)[O-])cc21. The highest BCUT2D eigenvalue weighted by atomic mass is 32.2. The molecule has 8 rings (SSSR count). The van der Waals surface area contributed by atoms with Crippen molar-refractivity contribution in [2.75, 3.05) is 40.0 Å². The fourth-order valence-electron chi connectivity index (χ4n) is 11.0. The molecule has 0 saturated heterocycles. The molecule has 2 N–H and O–H groups in total. The lowest BCUT2D eigenvalue weighted by Crippen LogP contribution is -2.31. The Morgan fingerprint density at radius 1 is 0.564 bits per heavy atom. The van der Waals surface area contributed by atoms with Crippen molar-refractivity contribution < 1.29 is 75.7 Å². The number of carbonyl (C=O) groups is 2. The summed E-state index contributed by atoms with van der Waals surface area (Å²) in [5.74, 6) is -3.50. The summed E-state index contributed by atoms with van der Waals surface area (Å²) in [6, 6.07) is 19.4. The van der Waals surface area contributed by atoms with Crippen LogP contribution in [0.4, 0.5) is 28.4 Å². The number of nitrogens with one attached hydrogen (secondary N) is 1. The normalized spacial score (nSPS) is 19.4. The molecule has 4 heterocycles. The van der Waals surface area contributed by atoms with Gasteiger partial charge in [-0.2, -0.15) is 9.15 Å². The fourth-order valence-corrected chi connectivity index (χ4v) is 13.2. The number of fused-ring (bicyclic) bond motifs is 4. The van der Waals surface area contributed by atoms with Gasteiger partial charge in [-0.15, -0.1) is 0 Å². The number of carboxylic acids is 1. The van der Waals surface area contributed by atoms with Crippen LogP contribution in [0.1, 0.15) is 77.6 Å². The van der Waals surface area contributed by atoms with Gasteiger partial charge in [0.1, 0.15) is 42.8 Å².